The van der Waals surface area contributed by atoms with Gasteiger partial charge in [0, 0.05) is 25.7 Å². The summed E-state index contributed by atoms with van der Waals surface area (Å²) in [5, 5.41) is 6.16. The molecule has 0 aromatic heterocycles. The number of alkyl halides is 3. The molecule has 0 bridgehead atoms. The SMILES string of the molecule is CCNC(=NCCCOCC(F)(F)F)NC(C)C.I. The number of guanidine groups is 1. The first-order valence-corrected chi connectivity index (χ1v) is 6.04. The molecule has 0 unspecified atom stereocenters. The highest BCUT2D eigenvalue weighted by molar-refractivity contribution is 14.0. The average molecular weight is 397 g/mol. The van der Waals surface area contributed by atoms with E-state index in [1.54, 1.807) is 0 Å². The van der Waals surface area contributed by atoms with Crippen molar-refractivity contribution in [2.24, 2.45) is 4.99 Å². The number of hydrogen-bond donors (Lipinski definition) is 2. The van der Waals surface area contributed by atoms with Gasteiger partial charge in [-0.05, 0) is 27.2 Å². The van der Waals surface area contributed by atoms with Crippen molar-refractivity contribution in [1.29, 1.82) is 0 Å². The Morgan fingerprint density at radius 3 is 2.42 bits per heavy atom. The van der Waals surface area contributed by atoms with Crippen LogP contribution in [0.1, 0.15) is 27.2 Å². The molecule has 0 saturated carbocycles. The van der Waals surface area contributed by atoms with E-state index in [0.717, 1.165) is 6.54 Å². The lowest BCUT2D eigenvalue weighted by molar-refractivity contribution is -0.173. The minimum atomic E-state index is -4.25. The number of ether oxygens (including phenoxy) is 1. The summed E-state index contributed by atoms with van der Waals surface area (Å²) in [4.78, 5) is 4.22. The van der Waals surface area contributed by atoms with E-state index in [9.17, 15) is 13.2 Å². The molecule has 19 heavy (non-hydrogen) atoms. The van der Waals surface area contributed by atoms with E-state index in [2.05, 4.69) is 20.4 Å². The number of halogens is 4. The molecule has 2 N–H and O–H groups in total. The number of aliphatic imine (C=N–C) groups is 1. The first kappa shape index (κ1) is 21.1. The highest BCUT2D eigenvalue weighted by Crippen LogP contribution is 2.14. The highest BCUT2D eigenvalue weighted by Gasteiger charge is 2.27. The van der Waals surface area contributed by atoms with E-state index < -0.39 is 12.8 Å². The molecule has 0 aliphatic rings. The van der Waals surface area contributed by atoms with E-state index in [1.807, 2.05) is 20.8 Å². The lowest BCUT2D eigenvalue weighted by Gasteiger charge is -2.13. The Hall–Kier alpha value is -0.250. The third-order valence-corrected chi connectivity index (χ3v) is 1.75. The first-order chi connectivity index (χ1) is 8.35. The summed E-state index contributed by atoms with van der Waals surface area (Å²) in [7, 11) is 0. The zero-order chi connectivity index (χ0) is 14.0. The van der Waals surface area contributed by atoms with Gasteiger partial charge in [-0.2, -0.15) is 13.2 Å². The van der Waals surface area contributed by atoms with Crippen molar-refractivity contribution in [3.8, 4) is 0 Å². The van der Waals surface area contributed by atoms with Gasteiger partial charge < -0.3 is 15.4 Å². The Kier molecular flexibility index (Phi) is 12.8. The molecule has 0 radical (unpaired) electrons. The van der Waals surface area contributed by atoms with Gasteiger partial charge >= 0.3 is 6.18 Å². The molecular weight excluding hydrogens is 374 g/mol. The van der Waals surface area contributed by atoms with E-state index in [0.29, 0.717) is 18.9 Å². The topological polar surface area (TPSA) is 45.7 Å². The normalized spacial score (nSPS) is 12.3. The number of nitrogens with zero attached hydrogens (tertiary/aromatic N) is 1. The van der Waals surface area contributed by atoms with Gasteiger partial charge in [0.1, 0.15) is 6.61 Å². The third-order valence-electron chi connectivity index (χ3n) is 1.75. The predicted octanol–water partition coefficient (Wildman–Crippen LogP) is 2.54. The first-order valence-electron chi connectivity index (χ1n) is 6.04. The van der Waals surface area contributed by atoms with Crippen LogP contribution in [0.3, 0.4) is 0 Å². The van der Waals surface area contributed by atoms with Crippen LogP contribution in [0.5, 0.6) is 0 Å². The molecule has 0 saturated heterocycles. The van der Waals surface area contributed by atoms with Gasteiger partial charge in [-0.25, -0.2) is 0 Å². The summed E-state index contributed by atoms with van der Waals surface area (Å²) in [5.41, 5.74) is 0. The molecule has 8 heteroatoms. The van der Waals surface area contributed by atoms with Crippen LogP contribution in [0, 0.1) is 0 Å². The van der Waals surface area contributed by atoms with Crippen LogP contribution >= 0.6 is 24.0 Å². The van der Waals surface area contributed by atoms with Crippen molar-refractivity contribution in [1.82, 2.24) is 10.6 Å². The largest absolute Gasteiger partial charge is 0.411 e. The standard InChI is InChI=1S/C11H22F3N3O.HI/c1-4-15-10(17-9(2)3)16-6-5-7-18-8-11(12,13)14;/h9H,4-8H2,1-3H3,(H2,15,16,17);1H. The van der Waals surface area contributed by atoms with Crippen molar-refractivity contribution in [2.45, 2.75) is 39.4 Å². The molecule has 0 aliphatic carbocycles. The molecule has 0 amide bonds. The second-order valence-electron chi connectivity index (χ2n) is 4.08. The third kappa shape index (κ3) is 15.7. The minimum absolute atomic E-state index is 0. The van der Waals surface area contributed by atoms with Gasteiger partial charge in [0.15, 0.2) is 5.96 Å². The van der Waals surface area contributed by atoms with Crippen LogP contribution in [-0.4, -0.2) is 44.5 Å². The summed E-state index contributed by atoms with van der Waals surface area (Å²) in [6.07, 6.45) is -3.79. The fraction of sp³-hybridized carbons (Fsp3) is 0.909. The Labute approximate surface area is 129 Å². The molecule has 0 heterocycles. The number of hydrogen-bond acceptors (Lipinski definition) is 2. The van der Waals surface area contributed by atoms with Crippen molar-refractivity contribution < 1.29 is 17.9 Å². The number of nitrogens with one attached hydrogen (secondary N) is 2. The lowest BCUT2D eigenvalue weighted by atomic mass is 10.4. The Morgan fingerprint density at radius 2 is 1.95 bits per heavy atom. The molecule has 0 aromatic carbocycles. The molecule has 0 aromatic rings. The molecule has 0 fully saturated rings. The van der Waals surface area contributed by atoms with Gasteiger partial charge in [-0.3, -0.25) is 4.99 Å². The fourth-order valence-electron chi connectivity index (χ4n) is 1.14. The number of rotatable bonds is 7. The monoisotopic (exact) mass is 397 g/mol. The molecule has 0 rings (SSSR count). The van der Waals surface area contributed by atoms with Crippen molar-refractivity contribution in [2.75, 3.05) is 26.3 Å². The zero-order valence-corrected chi connectivity index (χ0v) is 13.8. The van der Waals surface area contributed by atoms with Crippen LogP contribution in [0.2, 0.25) is 0 Å². The summed E-state index contributed by atoms with van der Waals surface area (Å²) < 4.78 is 39.8. The van der Waals surface area contributed by atoms with Gasteiger partial charge in [0.25, 0.3) is 0 Å². The second kappa shape index (κ2) is 11.6. The van der Waals surface area contributed by atoms with E-state index >= 15 is 0 Å². The summed E-state index contributed by atoms with van der Waals surface area (Å²) in [6, 6.07) is 0.254. The van der Waals surface area contributed by atoms with Crippen LogP contribution in [0.15, 0.2) is 4.99 Å². The molecule has 116 valence electrons. The maximum atomic E-state index is 11.8. The highest BCUT2D eigenvalue weighted by atomic mass is 127. The smallest absolute Gasteiger partial charge is 0.372 e. The van der Waals surface area contributed by atoms with Crippen molar-refractivity contribution >= 4 is 29.9 Å². The van der Waals surface area contributed by atoms with Gasteiger partial charge in [-0.15, -0.1) is 24.0 Å². The summed E-state index contributed by atoms with van der Waals surface area (Å²) in [5.74, 6) is 0.670. The van der Waals surface area contributed by atoms with Gasteiger partial charge in [0.05, 0.1) is 0 Å². The van der Waals surface area contributed by atoms with E-state index in [4.69, 9.17) is 0 Å². The van der Waals surface area contributed by atoms with Crippen LogP contribution in [-0.2, 0) is 4.74 Å². The van der Waals surface area contributed by atoms with Crippen molar-refractivity contribution in [3.05, 3.63) is 0 Å². The summed E-state index contributed by atoms with van der Waals surface area (Å²) >= 11 is 0. The molecular formula is C11H23F3IN3O. The molecule has 0 spiro atoms. The molecule has 0 aliphatic heterocycles. The van der Waals surface area contributed by atoms with Crippen molar-refractivity contribution in [3.63, 3.8) is 0 Å². The Balaban J connectivity index is 0. The Bertz CT molecular complexity index is 248. The molecule has 4 nitrogen and oxygen atoms in total. The fourth-order valence-corrected chi connectivity index (χ4v) is 1.14. The maximum absolute atomic E-state index is 11.8. The second-order valence-corrected chi connectivity index (χ2v) is 4.08. The maximum Gasteiger partial charge on any atom is 0.411 e. The van der Waals surface area contributed by atoms with E-state index in [-0.39, 0.29) is 36.6 Å². The van der Waals surface area contributed by atoms with Crippen LogP contribution in [0.4, 0.5) is 13.2 Å². The Morgan fingerprint density at radius 1 is 1.32 bits per heavy atom. The van der Waals surface area contributed by atoms with E-state index in [1.165, 1.54) is 0 Å². The summed E-state index contributed by atoms with van der Waals surface area (Å²) in [6.45, 7) is 5.96. The minimum Gasteiger partial charge on any atom is -0.372 e. The van der Waals surface area contributed by atoms with Crippen LogP contribution in [0.25, 0.3) is 0 Å². The lowest BCUT2D eigenvalue weighted by Crippen LogP contribution is -2.41. The molecule has 0 atom stereocenters. The van der Waals surface area contributed by atoms with Gasteiger partial charge in [0.2, 0.25) is 0 Å². The quantitative estimate of drug-likeness (QED) is 0.301. The predicted molar refractivity (Wildman–Crippen MR) is 81.2 cm³/mol. The van der Waals surface area contributed by atoms with Crippen LogP contribution < -0.4 is 10.6 Å². The zero-order valence-electron chi connectivity index (χ0n) is 11.5. The average Bonchev–Trinajstić information content (AvgIpc) is 2.21. The van der Waals surface area contributed by atoms with Gasteiger partial charge in [-0.1, -0.05) is 0 Å².